The monoisotopic (exact) mass is 335 g/mol. The van der Waals surface area contributed by atoms with Gasteiger partial charge in [-0.05, 0) is 23.5 Å². The second-order valence-electron chi connectivity index (χ2n) is 4.43. The number of H-pyrrole nitrogens is 1. The van der Waals surface area contributed by atoms with Gasteiger partial charge in [0.25, 0.3) is 5.56 Å². The fraction of sp³-hybridized carbons (Fsp3) is 0.600. The van der Waals surface area contributed by atoms with E-state index in [1.54, 1.807) is 0 Å². The lowest BCUT2D eigenvalue weighted by Crippen LogP contribution is -2.37. The molecule has 0 fully saturated rings. The van der Waals surface area contributed by atoms with Gasteiger partial charge < -0.3 is 4.74 Å². The first-order chi connectivity index (χ1) is 11.5. The number of nitrogens with one attached hydrogen (secondary N) is 1. The largest absolute Gasteiger partial charge is 0.354 e. The molecule has 1 aromatic rings. The SMILES string of the molecule is Cc1cn([C@@H](CN=[N+]=[N-])OC(CN=[N+]=[N-])CN=[N+]=[N-])c(=O)[nH]c1=O. The van der Waals surface area contributed by atoms with Crippen LogP contribution in [-0.4, -0.2) is 35.3 Å². The number of hydrogen-bond donors (Lipinski definition) is 1. The Bertz CT molecular complexity index is 803. The van der Waals surface area contributed by atoms with E-state index in [0.29, 0.717) is 0 Å². The van der Waals surface area contributed by atoms with Gasteiger partial charge in [-0.15, -0.1) is 0 Å². The molecule has 0 aliphatic rings. The maximum Gasteiger partial charge on any atom is 0.330 e. The minimum Gasteiger partial charge on any atom is -0.354 e. The van der Waals surface area contributed by atoms with Crippen molar-refractivity contribution in [2.45, 2.75) is 19.3 Å². The van der Waals surface area contributed by atoms with Crippen LogP contribution in [0.2, 0.25) is 0 Å². The first kappa shape index (κ1) is 18.6. The highest BCUT2D eigenvalue weighted by Crippen LogP contribution is 2.12. The van der Waals surface area contributed by atoms with Crippen molar-refractivity contribution in [1.29, 1.82) is 0 Å². The Balaban J connectivity index is 3.19. The van der Waals surface area contributed by atoms with E-state index in [1.165, 1.54) is 13.1 Å². The number of aromatic nitrogens is 2. The Morgan fingerprint density at radius 1 is 1.12 bits per heavy atom. The lowest BCUT2D eigenvalue weighted by atomic mass is 10.3. The van der Waals surface area contributed by atoms with E-state index >= 15 is 0 Å². The standard InChI is InChI=1S/C10H13N11O3/c1-6-5-21(10(23)17-9(6)22)8(4-16-20-13)24-7(2-14-18-11)3-15-19-12/h5,7-8H,2-4H2,1H3,(H,17,22,23)/t8-/m1/s1. The molecule has 0 saturated heterocycles. The molecule has 0 bridgehead atoms. The minimum absolute atomic E-state index is 0.167. The summed E-state index contributed by atoms with van der Waals surface area (Å²) in [5.41, 5.74) is 24.2. The molecule has 0 aromatic carbocycles. The Labute approximate surface area is 133 Å². The molecule has 1 aromatic heterocycles. The second-order valence-corrected chi connectivity index (χ2v) is 4.43. The number of aromatic amines is 1. The summed E-state index contributed by atoms with van der Waals surface area (Å²) >= 11 is 0. The smallest absolute Gasteiger partial charge is 0.330 e. The van der Waals surface area contributed by atoms with Gasteiger partial charge in [-0.2, -0.15) is 0 Å². The molecular weight excluding hydrogens is 322 g/mol. The van der Waals surface area contributed by atoms with E-state index in [1.807, 2.05) is 0 Å². The molecule has 0 aliphatic carbocycles. The number of azide groups is 3. The molecule has 0 amide bonds. The van der Waals surface area contributed by atoms with E-state index in [9.17, 15) is 9.59 Å². The fourth-order valence-electron chi connectivity index (χ4n) is 1.72. The zero-order valence-corrected chi connectivity index (χ0v) is 12.6. The second kappa shape index (κ2) is 9.56. The average Bonchev–Trinajstić information content (AvgIpc) is 2.57. The maximum atomic E-state index is 11.9. The topological polar surface area (TPSA) is 210 Å². The molecule has 0 aliphatic heterocycles. The van der Waals surface area contributed by atoms with E-state index in [0.717, 1.165) is 4.57 Å². The van der Waals surface area contributed by atoms with Crippen molar-refractivity contribution < 1.29 is 4.74 Å². The average molecular weight is 335 g/mol. The van der Waals surface area contributed by atoms with Crippen molar-refractivity contribution in [1.82, 2.24) is 9.55 Å². The molecule has 0 spiro atoms. The number of nitrogens with zero attached hydrogens (tertiary/aromatic N) is 10. The summed E-state index contributed by atoms with van der Waals surface area (Å²) in [6.07, 6.45) is -0.691. The predicted molar refractivity (Wildman–Crippen MR) is 82.0 cm³/mol. The van der Waals surface area contributed by atoms with Crippen molar-refractivity contribution in [3.63, 3.8) is 0 Å². The molecule has 1 rings (SSSR count). The van der Waals surface area contributed by atoms with Gasteiger partial charge in [-0.1, -0.05) is 15.3 Å². The highest BCUT2D eigenvalue weighted by molar-refractivity contribution is 5.01. The van der Waals surface area contributed by atoms with Crippen LogP contribution in [0.5, 0.6) is 0 Å². The predicted octanol–water partition coefficient (Wildman–Crippen LogP) is 1.66. The summed E-state index contributed by atoms with van der Waals surface area (Å²) in [7, 11) is 0. The third kappa shape index (κ3) is 5.40. The summed E-state index contributed by atoms with van der Waals surface area (Å²) in [5.74, 6) is 0. The molecule has 1 atom stereocenters. The van der Waals surface area contributed by atoms with Crippen molar-refractivity contribution in [2.75, 3.05) is 19.6 Å². The lowest BCUT2D eigenvalue weighted by molar-refractivity contribution is -0.0420. The maximum absolute atomic E-state index is 11.9. The van der Waals surface area contributed by atoms with Crippen LogP contribution >= 0.6 is 0 Å². The normalized spacial score (nSPS) is 12.2. The van der Waals surface area contributed by atoms with E-state index in [2.05, 4.69) is 35.1 Å². The summed E-state index contributed by atoms with van der Waals surface area (Å²) in [6.45, 7) is 0.875. The first-order valence-electron chi connectivity index (χ1n) is 6.53. The first-order valence-corrected chi connectivity index (χ1v) is 6.53. The van der Waals surface area contributed by atoms with Gasteiger partial charge in [-0.3, -0.25) is 14.3 Å². The van der Waals surface area contributed by atoms with E-state index in [4.69, 9.17) is 21.3 Å². The molecule has 0 unspecified atom stereocenters. The molecule has 14 nitrogen and oxygen atoms in total. The Kier molecular flexibility index (Phi) is 7.42. The molecule has 0 saturated carbocycles. The van der Waals surface area contributed by atoms with Crippen molar-refractivity contribution in [3.05, 3.63) is 63.9 Å². The van der Waals surface area contributed by atoms with Crippen LogP contribution in [0.25, 0.3) is 31.3 Å². The zero-order chi connectivity index (χ0) is 17.9. The molecule has 126 valence electrons. The quantitative estimate of drug-likeness (QED) is 0.405. The summed E-state index contributed by atoms with van der Waals surface area (Å²) in [5, 5.41) is 10.0. The molecular formula is C10H13N11O3. The molecule has 14 heteroatoms. The Morgan fingerprint density at radius 2 is 1.67 bits per heavy atom. The number of rotatable bonds is 9. The van der Waals surface area contributed by atoms with Crippen LogP contribution in [-0.2, 0) is 4.74 Å². The highest BCUT2D eigenvalue weighted by atomic mass is 16.5. The van der Waals surface area contributed by atoms with Crippen molar-refractivity contribution >= 4 is 0 Å². The van der Waals surface area contributed by atoms with Crippen molar-refractivity contribution in [3.8, 4) is 0 Å². The fourth-order valence-corrected chi connectivity index (χ4v) is 1.72. The third-order valence-electron chi connectivity index (χ3n) is 2.80. The summed E-state index contributed by atoms with van der Waals surface area (Å²) in [4.78, 5) is 33.2. The molecule has 0 radical (unpaired) electrons. The Hall–Kier alpha value is -3.43. The number of ether oxygens (including phenoxy) is 1. The minimum atomic E-state index is -1.09. The van der Waals surface area contributed by atoms with Crippen molar-refractivity contribution in [2.24, 2.45) is 15.3 Å². The van der Waals surface area contributed by atoms with Gasteiger partial charge in [0.1, 0.15) is 6.23 Å². The number of aryl methyl sites for hydroxylation is 1. The van der Waals surface area contributed by atoms with Crippen LogP contribution in [0.4, 0.5) is 0 Å². The lowest BCUT2D eigenvalue weighted by Gasteiger charge is -2.23. The van der Waals surface area contributed by atoms with Crippen LogP contribution in [0.3, 0.4) is 0 Å². The third-order valence-corrected chi connectivity index (χ3v) is 2.80. The van der Waals surface area contributed by atoms with Crippen LogP contribution in [0, 0.1) is 6.92 Å². The van der Waals surface area contributed by atoms with Gasteiger partial charge >= 0.3 is 5.69 Å². The van der Waals surface area contributed by atoms with Crippen LogP contribution in [0.1, 0.15) is 11.8 Å². The summed E-state index contributed by atoms with van der Waals surface area (Å²) < 4.78 is 6.60. The van der Waals surface area contributed by atoms with Crippen LogP contribution < -0.4 is 11.2 Å². The molecule has 1 heterocycles. The van der Waals surface area contributed by atoms with Gasteiger partial charge in [0, 0.05) is 26.5 Å². The molecule has 1 N–H and O–H groups in total. The van der Waals surface area contributed by atoms with Gasteiger partial charge in [0.15, 0.2) is 0 Å². The van der Waals surface area contributed by atoms with E-state index < -0.39 is 23.6 Å². The number of hydrogen-bond acceptors (Lipinski definition) is 6. The molecule has 24 heavy (non-hydrogen) atoms. The summed E-state index contributed by atoms with van der Waals surface area (Å²) in [6, 6.07) is 0. The zero-order valence-electron chi connectivity index (χ0n) is 12.6. The highest BCUT2D eigenvalue weighted by Gasteiger charge is 2.19. The van der Waals surface area contributed by atoms with Gasteiger partial charge in [0.2, 0.25) is 0 Å². The Morgan fingerprint density at radius 3 is 2.21 bits per heavy atom. The van der Waals surface area contributed by atoms with E-state index in [-0.39, 0.29) is 25.2 Å². The van der Waals surface area contributed by atoms with Crippen LogP contribution in [0.15, 0.2) is 31.1 Å². The van der Waals surface area contributed by atoms with Gasteiger partial charge in [-0.25, -0.2) is 4.79 Å². The van der Waals surface area contributed by atoms with Gasteiger partial charge in [0.05, 0.1) is 25.7 Å².